The van der Waals surface area contributed by atoms with E-state index < -0.39 is 54.9 Å². The number of hydrogen-bond donors (Lipinski definition) is 0. The third kappa shape index (κ3) is 11.4. The van der Waals surface area contributed by atoms with Crippen LogP contribution in [0.4, 0.5) is 52.7 Å². The molecule has 1 heterocycles. The van der Waals surface area contributed by atoms with Gasteiger partial charge in [-0.05, 0) is 25.7 Å². The minimum atomic E-state index is -6.12. The monoisotopic (exact) mass is 608 g/mol. The highest BCUT2D eigenvalue weighted by Crippen LogP contribution is 2.38. The van der Waals surface area contributed by atoms with E-state index in [0.29, 0.717) is 31.4 Å². The molecule has 40 heavy (non-hydrogen) atoms. The van der Waals surface area contributed by atoms with Crippen molar-refractivity contribution in [3.8, 4) is 18.0 Å². The van der Waals surface area contributed by atoms with Gasteiger partial charge in [0.2, 0.25) is 0 Å². The van der Waals surface area contributed by atoms with Crippen LogP contribution in [-0.4, -0.2) is 57.6 Å². The smallest absolute Gasteiger partial charge is 0.434 e. The molecule has 0 atom stereocenters. The molecule has 230 valence electrons. The largest absolute Gasteiger partial charge is 0.440 e. The Kier molecular flexibility index (Phi) is 11.5. The quantitative estimate of drug-likeness (QED) is 0.244. The van der Waals surface area contributed by atoms with Crippen molar-refractivity contribution in [1.82, 2.24) is 15.0 Å². The van der Waals surface area contributed by atoms with Crippen LogP contribution >= 0.6 is 0 Å². The molecule has 1 fully saturated rings. The summed E-state index contributed by atoms with van der Waals surface area (Å²) in [5, 5.41) is 3.68. The molecule has 2 rings (SSSR count). The number of aromatic nitrogens is 3. The van der Waals surface area contributed by atoms with Gasteiger partial charge in [-0.25, -0.2) is 0 Å². The van der Waals surface area contributed by atoms with Crippen molar-refractivity contribution in [3.05, 3.63) is 0 Å². The van der Waals surface area contributed by atoms with Crippen molar-refractivity contribution in [2.24, 2.45) is 5.16 Å². The molecule has 0 aromatic carbocycles. The predicted molar refractivity (Wildman–Crippen MR) is 112 cm³/mol. The van der Waals surface area contributed by atoms with Gasteiger partial charge in [0.05, 0.1) is 5.71 Å². The number of rotatable bonds is 6. The van der Waals surface area contributed by atoms with E-state index >= 15 is 0 Å². The van der Waals surface area contributed by atoms with Gasteiger partial charge >= 0.3 is 42.7 Å². The maximum absolute atomic E-state index is 12.9. The molecule has 19 heteroatoms. The molecule has 0 aliphatic heterocycles. The molecule has 0 bridgehead atoms. The van der Waals surface area contributed by atoms with Gasteiger partial charge in [-0.3, -0.25) is 0 Å². The third-order valence-electron chi connectivity index (χ3n) is 5.40. The number of alkyl halides is 12. The normalized spacial score (nSPS) is 17.3. The molecule has 1 aliphatic rings. The van der Waals surface area contributed by atoms with Gasteiger partial charge < -0.3 is 14.3 Å². The molecule has 1 aromatic heterocycles. The van der Waals surface area contributed by atoms with Crippen LogP contribution in [-0.2, 0) is 0 Å². The van der Waals surface area contributed by atoms with Crippen LogP contribution in [0.5, 0.6) is 18.0 Å². The Balaban J connectivity index is 2.42. The molecule has 0 spiro atoms. The Labute approximate surface area is 219 Å². The highest BCUT2D eigenvalue weighted by atomic mass is 19.4. The molecule has 0 N–H and O–H groups in total. The number of oxime groups is 1. The van der Waals surface area contributed by atoms with Crippen molar-refractivity contribution in [2.75, 3.05) is 0 Å². The summed E-state index contributed by atoms with van der Waals surface area (Å²) in [5.41, 5.74) is 0.359. The molecular formula is C21H24F12N4O3. The number of ether oxygens (including phenoxy) is 2. The first-order valence-electron chi connectivity index (χ1n) is 12.0. The Morgan fingerprint density at radius 2 is 0.775 bits per heavy atom. The van der Waals surface area contributed by atoms with E-state index in [1.165, 1.54) is 0 Å². The molecule has 0 radical (unpaired) electrons. The van der Waals surface area contributed by atoms with E-state index in [1.807, 2.05) is 0 Å². The van der Waals surface area contributed by atoms with E-state index in [0.717, 1.165) is 44.9 Å². The lowest BCUT2D eigenvalue weighted by atomic mass is 10.00. The molecule has 7 nitrogen and oxygen atoms in total. The zero-order valence-corrected chi connectivity index (χ0v) is 20.5. The Hall–Kier alpha value is -2.76. The highest BCUT2D eigenvalue weighted by molar-refractivity contribution is 5.83. The van der Waals surface area contributed by atoms with Gasteiger partial charge in [0.15, 0.2) is 0 Å². The minimum Gasteiger partial charge on any atom is -0.440 e. The van der Waals surface area contributed by atoms with Crippen molar-refractivity contribution < 1.29 is 67.0 Å². The lowest BCUT2D eigenvalue weighted by molar-refractivity contribution is -0.302. The van der Waals surface area contributed by atoms with Crippen LogP contribution in [0.2, 0.25) is 0 Å². The summed E-state index contributed by atoms with van der Waals surface area (Å²) in [4.78, 5) is 13.4. The van der Waals surface area contributed by atoms with Crippen molar-refractivity contribution >= 4 is 5.71 Å². The van der Waals surface area contributed by atoms with E-state index in [-0.39, 0.29) is 0 Å². The summed E-state index contributed by atoms with van der Waals surface area (Å²) in [7, 11) is 0. The average molecular weight is 608 g/mol. The maximum atomic E-state index is 12.9. The summed E-state index contributed by atoms with van der Waals surface area (Å²) >= 11 is 0. The number of nitrogens with zero attached hydrogens (tertiary/aromatic N) is 4. The summed E-state index contributed by atoms with van der Waals surface area (Å²) in [6.45, 7) is 0. The van der Waals surface area contributed by atoms with Crippen LogP contribution in [0.3, 0.4) is 0 Å². The fourth-order valence-corrected chi connectivity index (χ4v) is 3.53. The van der Waals surface area contributed by atoms with E-state index in [2.05, 4.69) is 29.6 Å². The molecule has 1 saturated carbocycles. The van der Waals surface area contributed by atoms with Crippen molar-refractivity contribution in [1.29, 1.82) is 0 Å². The van der Waals surface area contributed by atoms with Gasteiger partial charge in [0, 0.05) is 0 Å². The molecule has 0 saturated heterocycles. The lowest BCUT2D eigenvalue weighted by Crippen LogP contribution is -2.47. The second kappa shape index (κ2) is 13.7. The Morgan fingerprint density at radius 1 is 0.475 bits per heavy atom. The van der Waals surface area contributed by atoms with Crippen LogP contribution in [0.25, 0.3) is 0 Å². The first-order valence-corrected chi connectivity index (χ1v) is 12.0. The van der Waals surface area contributed by atoms with Gasteiger partial charge in [0.25, 0.3) is 12.2 Å². The summed E-state index contributed by atoms with van der Waals surface area (Å²) in [6, 6.07) is -5.30. The zero-order valence-electron chi connectivity index (χ0n) is 20.5. The van der Waals surface area contributed by atoms with Gasteiger partial charge in [-0.15, -0.1) is 15.0 Å². The predicted octanol–water partition coefficient (Wildman–Crippen LogP) is 7.66. The molecule has 0 amide bonds. The Bertz CT molecular complexity index is 870. The first kappa shape index (κ1) is 33.4. The van der Waals surface area contributed by atoms with Crippen LogP contribution in [0, 0.1) is 0 Å². The third-order valence-corrected chi connectivity index (χ3v) is 5.40. The number of halogens is 12. The fraction of sp³-hybridized carbons (Fsp3) is 0.810. The molecule has 1 aromatic rings. The van der Waals surface area contributed by atoms with E-state index in [1.54, 1.807) is 0 Å². The standard InChI is InChI=1S/C21H24F12N4O3/c22-18(23,24)13(19(25,26)27)38-15-34-16(39-14(20(28,29)30)21(31,32)33)36-17(35-15)40-37-12-10-8-6-4-2-1-3-5-7-9-11-12/h13-14H,1-11H2. The summed E-state index contributed by atoms with van der Waals surface area (Å²) in [6.07, 6.45) is -25.1. The van der Waals surface area contributed by atoms with Crippen molar-refractivity contribution in [2.45, 2.75) is 108 Å². The van der Waals surface area contributed by atoms with E-state index in [4.69, 9.17) is 4.84 Å². The van der Waals surface area contributed by atoms with Crippen LogP contribution < -0.4 is 14.3 Å². The highest BCUT2D eigenvalue weighted by Gasteiger charge is 2.61. The lowest BCUT2D eigenvalue weighted by Gasteiger charge is -2.24. The maximum Gasteiger partial charge on any atom is 0.434 e. The van der Waals surface area contributed by atoms with Crippen molar-refractivity contribution in [3.63, 3.8) is 0 Å². The van der Waals surface area contributed by atoms with Crippen LogP contribution in [0.15, 0.2) is 5.16 Å². The average Bonchev–Trinajstić information content (AvgIpc) is 2.78. The first-order chi connectivity index (χ1) is 18.4. The van der Waals surface area contributed by atoms with Crippen LogP contribution in [0.1, 0.15) is 70.6 Å². The van der Waals surface area contributed by atoms with E-state index in [9.17, 15) is 52.7 Å². The van der Waals surface area contributed by atoms with Gasteiger partial charge in [0.1, 0.15) is 0 Å². The fourth-order valence-electron chi connectivity index (χ4n) is 3.53. The second-order valence-electron chi connectivity index (χ2n) is 8.78. The SMILES string of the molecule is FC(F)(F)C(Oc1nc(ON=C2CCCCCCCCCCC2)nc(OC(C(F)(F)F)C(F)(F)F)n1)C(F)(F)F. The summed E-state index contributed by atoms with van der Waals surface area (Å²) in [5.74, 6) is 0. The zero-order chi connectivity index (χ0) is 30.2. The number of hydrogen-bond acceptors (Lipinski definition) is 7. The molecular weight excluding hydrogens is 584 g/mol. The minimum absolute atomic E-state index is 0.353. The summed E-state index contributed by atoms with van der Waals surface area (Å²) < 4.78 is 162. The van der Waals surface area contributed by atoms with Gasteiger partial charge in [-0.1, -0.05) is 50.1 Å². The topological polar surface area (TPSA) is 78.7 Å². The Morgan fingerprint density at radius 3 is 1.10 bits per heavy atom. The second-order valence-corrected chi connectivity index (χ2v) is 8.78. The molecule has 1 aliphatic carbocycles. The molecule has 0 unspecified atom stereocenters. The van der Waals surface area contributed by atoms with Gasteiger partial charge in [-0.2, -0.15) is 52.7 Å².